The van der Waals surface area contributed by atoms with Gasteiger partial charge in [0.05, 0.1) is 21.0 Å². The average Bonchev–Trinajstić information content (AvgIpc) is 2.69. The Morgan fingerprint density at radius 3 is 2.35 bits per heavy atom. The molecule has 0 aliphatic rings. The molecule has 0 saturated heterocycles. The van der Waals surface area contributed by atoms with E-state index in [9.17, 15) is 26.4 Å². The van der Waals surface area contributed by atoms with Gasteiger partial charge in [-0.05, 0) is 55.0 Å². The zero-order valence-electron chi connectivity index (χ0n) is 16.0. The van der Waals surface area contributed by atoms with Crippen LogP contribution in [0.3, 0.4) is 0 Å². The van der Waals surface area contributed by atoms with Gasteiger partial charge < -0.3 is 5.32 Å². The largest absolute Gasteiger partial charge is 0.416 e. The number of carbonyl (C=O) groups excluding carboxylic acids is 1. The second-order valence-corrected chi connectivity index (χ2v) is 8.68. The van der Waals surface area contributed by atoms with Gasteiger partial charge in [-0.3, -0.25) is 9.52 Å². The summed E-state index contributed by atoms with van der Waals surface area (Å²) in [6.07, 6.45) is -4.62. The maximum Gasteiger partial charge on any atom is 0.416 e. The molecule has 0 atom stereocenters. The fourth-order valence-electron chi connectivity index (χ4n) is 2.72. The molecule has 2 N–H and O–H groups in total. The fraction of sp³-hybridized carbons (Fsp3) is 0.0952. The molecule has 0 saturated carbocycles. The van der Waals surface area contributed by atoms with Crippen molar-refractivity contribution in [1.29, 1.82) is 0 Å². The van der Waals surface area contributed by atoms with Crippen molar-refractivity contribution in [1.82, 2.24) is 0 Å². The number of para-hydroxylation sites is 1. The molecule has 10 heteroatoms. The molecule has 162 valence electrons. The second-order valence-electron chi connectivity index (χ2n) is 6.59. The van der Waals surface area contributed by atoms with Gasteiger partial charge in [-0.2, -0.15) is 13.2 Å². The molecular weight excluding hydrogens is 453 g/mol. The number of hydrogen-bond acceptors (Lipinski definition) is 3. The first-order chi connectivity index (χ1) is 14.5. The Kier molecular flexibility index (Phi) is 6.28. The predicted octanol–water partition coefficient (Wildman–Crippen LogP) is 5.72. The lowest BCUT2D eigenvalue weighted by atomic mass is 10.1. The van der Waals surface area contributed by atoms with Gasteiger partial charge in [0.1, 0.15) is 0 Å². The third-order valence-corrected chi connectivity index (χ3v) is 6.04. The monoisotopic (exact) mass is 468 g/mol. The molecule has 0 bridgehead atoms. The molecule has 3 aromatic carbocycles. The van der Waals surface area contributed by atoms with Crippen LogP contribution in [-0.2, 0) is 16.2 Å². The summed E-state index contributed by atoms with van der Waals surface area (Å²) in [5, 5.41) is 2.67. The zero-order valence-corrected chi connectivity index (χ0v) is 17.6. The number of anilines is 2. The Balaban J connectivity index is 1.89. The van der Waals surface area contributed by atoms with E-state index in [1.54, 1.807) is 31.2 Å². The molecule has 5 nitrogen and oxygen atoms in total. The topological polar surface area (TPSA) is 75.3 Å². The number of amides is 1. The van der Waals surface area contributed by atoms with E-state index in [4.69, 9.17) is 11.6 Å². The van der Waals surface area contributed by atoms with Gasteiger partial charge in [-0.1, -0.05) is 35.9 Å². The first-order valence-corrected chi connectivity index (χ1v) is 10.7. The predicted molar refractivity (Wildman–Crippen MR) is 113 cm³/mol. The Bertz CT molecular complexity index is 1240. The van der Waals surface area contributed by atoms with E-state index in [0.29, 0.717) is 11.8 Å². The van der Waals surface area contributed by atoms with Gasteiger partial charge in [-0.15, -0.1) is 0 Å². The van der Waals surface area contributed by atoms with Crippen molar-refractivity contribution >= 4 is 38.9 Å². The number of alkyl halides is 3. The van der Waals surface area contributed by atoms with Crippen LogP contribution < -0.4 is 10.0 Å². The van der Waals surface area contributed by atoms with E-state index < -0.39 is 27.7 Å². The number of halogens is 4. The van der Waals surface area contributed by atoms with Crippen LogP contribution in [0.4, 0.5) is 24.5 Å². The quantitative estimate of drug-likeness (QED) is 0.503. The van der Waals surface area contributed by atoms with E-state index in [0.717, 1.165) is 29.8 Å². The zero-order chi connectivity index (χ0) is 22.8. The van der Waals surface area contributed by atoms with Gasteiger partial charge in [0, 0.05) is 11.4 Å². The van der Waals surface area contributed by atoms with Crippen molar-refractivity contribution in [2.75, 3.05) is 10.0 Å². The van der Waals surface area contributed by atoms with E-state index in [1.807, 2.05) is 0 Å². The summed E-state index contributed by atoms with van der Waals surface area (Å²) in [5.41, 5.74) is -0.0458. The summed E-state index contributed by atoms with van der Waals surface area (Å²) < 4.78 is 66.1. The highest BCUT2D eigenvalue weighted by molar-refractivity contribution is 7.92. The molecule has 0 unspecified atom stereocenters. The second kappa shape index (κ2) is 8.60. The Morgan fingerprint density at radius 2 is 1.68 bits per heavy atom. The normalized spacial score (nSPS) is 11.8. The van der Waals surface area contributed by atoms with Crippen LogP contribution in [0.15, 0.2) is 71.6 Å². The van der Waals surface area contributed by atoms with Gasteiger partial charge in [0.15, 0.2) is 0 Å². The summed E-state index contributed by atoms with van der Waals surface area (Å²) in [7, 11) is -4.29. The van der Waals surface area contributed by atoms with Crippen molar-refractivity contribution in [2.45, 2.75) is 18.0 Å². The maximum absolute atomic E-state index is 12.9. The highest BCUT2D eigenvalue weighted by atomic mass is 35.5. The summed E-state index contributed by atoms with van der Waals surface area (Å²) in [5.74, 6) is -0.629. The Hall–Kier alpha value is -3.04. The first kappa shape index (κ1) is 22.6. The first-order valence-electron chi connectivity index (χ1n) is 8.84. The standard InChI is InChI=1S/C21H16ClF3N2O3S/c1-13-5-2-3-8-19(13)26-20(28)17-12-16(9-10-18(17)22)31(29,30)27-15-7-4-6-14(11-15)21(23,24)25/h2-12,27H,1H3,(H,26,28). The van der Waals surface area contributed by atoms with Gasteiger partial charge >= 0.3 is 6.18 Å². The molecule has 1 amide bonds. The summed E-state index contributed by atoms with van der Waals surface area (Å²) >= 11 is 6.08. The molecule has 31 heavy (non-hydrogen) atoms. The number of carbonyl (C=O) groups is 1. The highest BCUT2D eigenvalue weighted by Gasteiger charge is 2.31. The van der Waals surface area contributed by atoms with Crippen molar-refractivity contribution in [2.24, 2.45) is 0 Å². The summed E-state index contributed by atoms with van der Waals surface area (Å²) in [6.45, 7) is 1.79. The van der Waals surface area contributed by atoms with Crippen LogP contribution in [0.1, 0.15) is 21.5 Å². The lowest BCUT2D eigenvalue weighted by Gasteiger charge is -2.13. The van der Waals surface area contributed by atoms with Gasteiger partial charge in [0.25, 0.3) is 15.9 Å². The third kappa shape index (κ3) is 5.36. The minimum Gasteiger partial charge on any atom is -0.322 e. The lowest BCUT2D eigenvalue weighted by molar-refractivity contribution is -0.137. The van der Waals surface area contributed by atoms with E-state index >= 15 is 0 Å². The van der Waals surface area contributed by atoms with Gasteiger partial charge in [-0.25, -0.2) is 8.42 Å². The van der Waals surface area contributed by atoms with E-state index in [2.05, 4.69) is 10.0 Å². The fourth-order valence-corrected chi connectivity index (χ4v) is 4.00. The number of aryl methyl sites for hydroxylation is 1. The van der Waals surface area contributed by atoms with E-state index in [1.165, 1.54) is 12.1 Å². The van der Waals surface area contributed by atoms with Crippen LogP contribution in [0, 0.1) is 6.92 Å². The average molecular weight is 469 g/mol. The van der Waals surface area contributed by atoms with Crippen LogP contribution in [0.5, 0.6) is 0 Å². The third-order valence-electron chi connectivity index (χ3n) is 4.33. The SMILES string of the molecule is Cc1ccccc1NC(=O)c1cc(S(=O)(=O)Nc2cccc(C(F)(F)F)c2)ccc1Cl. The van der Waals surface area contributed by atoms with E-state index in [-0.39, 0.29) is 21.2 Å². The molecular formula is C21H16ClF3N2O3S. The molecule has 0 aliphatic carbocycles. The molecule has 0 aromatic heterocycles. The van der Waals surface area contributed by atoms with Crippen molar-refractivity contribution in [3.05, 3.63) is 88.4 Å². The molecule has 0 radical (unpaired) electrons. The van der Waals surface area contributed by atoms with Crippen molar-refractivity contribution in [3.8, 4) is 0 Å². The summed E-state index contributed by atoms with van der Waals surface area (Å²) in [6, 6.07) is 14.2. The van der Waals surface area contributed by atoms with Crippen LogP contribution in [-0.4, -0.2) is 14.3 Å². The lowest BCUT2D eigenvalue weighted by Crippen LogP contribution is -2.17. The Labute approximate surface area is 181 Å². The van der Waals surface area contributed by atoms with Crippen LogP contribution in [0.2, 0.25) is 5.02 Å². The smallest absolute Gasteiger partial charge is 0.322 e. The molecule has 0 heterocycles. The molecule has 3 aromatic rings. The van der Waals surface area contributed by atoms with Gasteiger partial charge in [0.2, 0.25) is 0 Å². The number of benzene rings is 3. The number of nitrogens with one attached hydrogen (secondary N) is 2. The minimum atomic E-state index is -4.62. The number of hydrogen-bond donors (Lipinski definition) is 2. The van der Waals surface area contributed by atoms with Crippen LogP contribution in [0.25, 0.3) is 0 Å². The van der Waals surface area contributed by atoms with Crippen molar-refractivity contribution < 1.29 is 26.4 Å². The molecule has 0 spiro atoms. The molecule has 0 aliphatic heterocycles. The minimum absolute atomic E-state index is 0.0177. The van der Waals surface area contributed by atoms with Crippen LogP contribution >= 0.6 is 11.6 Å². The Morgan fingerprint density at radius 1 is 0.968 bits per heavy atom. The van der Waals surface area contributed by atoms with Crippen molar-refractivity contribution in [3.63, 3.8) is 0 Å². The highest BCUT2D eigenvalue weighted by Crippen LogP contribution is 2.31. The summed E-state index contributed by atoms with van der Waals surface area (Å²) in [4.78, 5) is 12.3. The number of sulfonamides is 1. The number of rotatable bonds is 5. The molecule has 3 rings (SSSR count). The maximum atomic E-state index is 12.9. The molecule has 0 fully saturated rings.